The molecule has 1 N–H and O–H groups in total. The molecule has 1 aliphatic rings. The molecule has 0 aliphatic carbocycles. The zero-order valence-corrected chi connectivity index (χ0v) is 20.5. The summed E-state index contributed by atoms with van der Waals surface area (Å²) in [4.78, 5) is 20.3. The second-order valence-corrected chi connectivity index (χ2v) is 8.19. The van der Waals surface area contributed by atoms with E-state index in [-0.39, 0.29) is 16.2 Å². The number of rotatable bonds is 8. The van der Waals surface area contributed by atoms with Gasteiger partial charge >= 0.3 is 0 Å². The predicted octanol–water partition coefficient (Wildman–Crippen LogP) is 2.83. The summed E-state index contributed by atoms with van der Waals surface area (Å²) in [6.07, 6.45) is 1.41. The lowest BCUT2D eigenvalue weighted by Crippen LogP contribution is -2.37. The summed E-state index contributed by atoms with van der Waals surface area (Å²) >= 11 is 5.72. The van der Waals surface area contributed by atoms with Gasteiger partial charge in [-0.05, 0) is 36.5 Å². The van der Waals surface area contributed by atoms with Crippen molar-refractivity contribution in [3.8, 4) is 28.8 Å². The topological polar surface area (TPSA) is 90.5 Å². The third kappa shape index (κ3) is 5.14. The molecule has 0 atom stereocenters. The molecule has 0 saturated carbocycles. The van der Waals surface area contributed by atoms with Crippen LogP contribution in [-0.4, -0.2) is 79.0 Å². The number of ether oxygens (including phenoxy) is 3. The summed E-state index contributed by atoms with van der Waals surface area (Å²) in [5.74, 6) is 0.637. The van der Waals surface area contributed by atoms with Crippen LogP contribution in [0.1, 0.15) is 5.56 Å². The first-order valence-electron chi connectivity index (χ1n) is 11.2. The van der Waals surface area contributed by atoms with Crippen LogP contribution in [0.15, 0.2) is 58.3 Å². The van der Waals surface area contributed by atoms with E-state index in [1.54, 1.807) is 42.5 Å². The zero-order valence-electron chi connectivity index (χ0n) is 19.7. The van der Waals surface area contributed by atoms with E-state index in [0.29, 0.717) is 42.6 Å². The van der Waals surface area contributed by atoms with Gasteiger partial charge in [0.1, 0.15) is 17.1 Å². The third-order valence-corrected chi connectivity index (χ3v) is 6.16. The Hall–Kier alpha value is -3.47. The number of hydrogen-bond acceptors (Lipinski definition) is 8. The smallest absolute Gasteiger partial charge is 0.271 e. The van der Waals surface area contributed by atoms with Crippen molar-refractivity contribution in [2.24, 2.45) is 4.99 Å². The summed E-state index contributed by atoms with van der Waals surface area (Å²) in [5, 5.41) is 11.2. The highest BCUT2D eigenvalue weighted by Crippen LogP contribution is 2.29. The monoisotopic (exact) mass is 496 g/mol. The largest absolute Gasteiger partial charge is 0.495 e. The number of benzene rings is 2. The van der Waals surface area contributed by atoms with E-state index in [0.717, 1.165) is 19.6 Å². The number of methoxy groups -OCH3 is 2. The van der Waals surface area contributed by atoms with E-state index < -0.39 is 5.56 Å². The quantitative estimate of drug-likeness (QED) is 0.379. The molecule has 184 valence electrons. The third-order valence-electron chi connectivity index (χ3n) is 5.79. The van der Waals surface area contributed by atoms with Crippen LogP contribution in [-0.2, 0) is 4.74 Å². The van der Waals surface area contributed by atoms with E-state index >= 15 is 0 Å². The van der Waals surface area contributed by atoms with Gasteiger partial charge in [-0.2, -0.15) is 0 Å². The lowest BCUT2D eigenvalue weighted by molar-refractivity contribution is 0.0395. The highest BCUT2D eigenvalue weighted by Gasteiger charge is 2.21. The fourth-order valence-corrected chi connectivity index (χ4v) is 4.33. The molecule has 4 rings (SSSR count). The zero-order chi connectivity index (χ0) is 24.8. The molecule has 35 heavy (non-hydrogen) atoms. The lowest BCUT2D eigenvalue weighted by atomic mass is 10.2. The van der Waals surface area contributed by atoms with Crippen LogP contribution in [0.2, 0.25) is 0 Å². The number of para-hydroxylation sites is 4. The molecular weight excluding hydrogens is 468 g/mol. The molecule has 1 aromatic heterocycles. The second-order valence-electron chi connectivity index (χ2n) is 7.83. The van der Waals surface area contributed by atoms with Crippen molar-refractivity contribution in [3.63, 3.8) is 0 Å². The molecule has 1 aliphatic heterocycles. The molecule has 3 aromatic rings. The van der Waals surface area contributed by atoms with E-state index in [1.807, 2.05) is 6.07 Å². The minimum Gasteiger partial charge on any atom is -0.495 e. The Bertz CT molecular complexity index is 1330. The van der Waals surface area contributed by atoms with Crippen LogP contribution < -0.4 is 15.0 Å². The molecular formula is C25H28N4O5S. The molecule has 1 saturated heterocycles. The van der Waals surface area contributed by atoms with E-state index in [4.69, 9.17) is 26.4 Å². The SMILES string of the molecule is COc1ccccc1-n1c(O)c(C=NCCN2CCOCC2)c(=O)n(-c2ccccc2OC)c1=S. The number of aromatic nitrogens is 2. The van der Waals surface area contributed by atoms with E-state index in [2.05, 4.69) is 9.89 Å². The number of hydrogen-bond donors (Lipinski definition) is 1. The van der Waals surface area contributed by atoms with Crippen molar-refractivity contribution >= 4 is 18.4 Å². The van der Waals surface area contributed by atoms with Gasteiger partial charge in [-0.1, -0.05) is 24.3 Å². The van der Waals surface area contributed by atoms with Crippen LogP contribution in [0.25, 0.3) is 11.4 Å². The maximum absolute atomic E-state index is 13.6. The van der Waals surface area contributed by atoms with Gasteiger partial charge in [-0.3, -0.25) is 19.3 Å². The minimum atomic E-state index is -0.502. The maximum Gasteiger partial charge on any atom is 0.271 e. The van der Waals surface area contributed by atoms with Gasteiger partial charge < -0.3 is 19.3 Å². The Balaban J connectivity index is 1.86. The molecule has 1 fully saturated rings. The van der Waals surface area contributed by atoms with Crippen molar-refractivity contribution in [1.29, 1.82) is 0 Å². The van der Waals surface area contributed by atoms with Gasteiger partial charge in [0.2, 0.25) is 5.88 Å². The summed E-state index contributed by atoms with van der Waals surface area (Å²) in [6.45, 7) is 4.30. The average Bonchev–Trinajstić information content (AvgIpc) is 2.89. The van der Waals surface area contributed by atoms with Crippen LogP contribution in [0.3, 0.4) is 0 Å². The van der Waals surface area contributed by atoms with Gasteiger partial charge in [0.05, 0.1) is 45.4 Å². The molecule has 9 nitrogen and oxygen atoms in total. The number of aliphatic imine (C=N–C) groups is 1. The van der Waals surface area contributed by atoms with Gasteiger partial charge in [0.15, 0.2) is 4.77 Å². The van der Waals surface area contributed by atoms with E-state index in [9.17, 15) is 9.90 Å². The average molecular weight is 497 g/mol. The molecule has 2 heterocycles. The highest BCUT2D eigenvalue weighted by molar-refractivity contribution is 7.71. The molecule has 0 amide bonds. The van der Waals surface area contributed by atoms with Crippen molar-refractivity contribution < 1.29 is 19.3 Å². The number of aromatic hydroxyl groups is 1. The van der Waals surface area contributed by atoms with Gasteiger partial charge in [-0.25, -0.2) is 4.57 Å². The van der Waals surface area contributed by atoms with Crippen LogP contribution in [0.4, 0.5) is 0 Å². The van der Waals surface area contributed by atoms with Gasteiger partial charge in [-0.15, -0.1) is 0 Å². The molecule has 2 aromatic carbocycles. The first kappa shape index (κ1) is 24.6. The molecule has 0 radical (unpaired) electrons. The second kappa shape index (κ2) is 11.3. The molecule has 0 bridgehead atoms. The Kier molecular flexibility index (Phi) is 7.96. The molecule has 0 spiro atoms. The van der Waals surface area contributed by atoms with Crippen molar-refractivity contribution in [3.05, 3.63) is 69.2 Å². The minimum absolute atomic E-state index is 0.0115. The summed E-state index contributed by atoms with van der Waals surface area (Å²) in [5.41, 5.74) is 0.455. The van der Waals surface area contributed by atoms with E-state index in [1.165, 1.54) is 29.6 Å². The fourth-order valence-electron chi connectivity index (χ4n) is 3.97. The highest BCUT2D eigenvalue weighted by atomic mass is 32.1. The Morgan fingerprint density at radius 3 is 2.17 bits per heavy atom. The van der Waals surface area contributed by atoms with Crippen molar-refractivity contribution in [2.45, 2.75) is 0 Å². The fraction of sp³-hybridized carbons (Fsp3) is 0.320. The standard InChI is InChI=1S/C25H28N4O5S/c1-32-21-9-5-3-7-19(21)28-23(30)18(17-26-11-12-27-13-15-34-16-14-27)24(31)29(25(28)35)20-8-4-6-10-22(20)33-2/h3-10,17,30H,11-16H2,1-2H3. The van der Waals surface area contributed by atoms with Crippen LogP contribution in [0.5, 0.6) is 17.4 Å². The van der Waals surface area contributed by atoms with Crippen LogP contribution in [0, 0.1) is 4.77 Å². The normalized spacial score (nSPS) is 14.3. The predicted molar refractivity (Wildman–Crippen MR) is 137 cm³/mol. The first-order valence-corrected chi connectivity index (χ1v) is 11.7. The molecule has 0 unspecified atom stereocenters. The number of morpholine rings is 1. The number of nitrogens with zero attached hydrogens (tertiary/aromatic N) is 4. The van der Waals surface area contributed by atoms with Gasteiger partial charge in [0.25, 0.3) is 5.56 Å². The summed E-state index contributed by atoms with van der Waals surface area (Å²) < 4.78 is 19.2. The Morgan fingerprint density at radius 1 is 1.00 bits per heavy atom. The lowest BCUT2D eigenvalue weighted by Gasteiger charge is -2.25. The van der Waals surface area contributed by atoms with Gasteiger partial charge in [0, 0.05) is 25.8 Å². The molecule has 10 heteroatoms. The Labute approximate surface area is 208 Å². The van der Waals surface area contributed by atoms with Crippen LogP contribution >= 0.6 is 12.2 Å². The Morgan fingerprint density at radius 2 is 1.57 bits per heavy atom. The summed E-state index contributed by atoms with van der Waals surface area (Å²) in [7, 11) is 3.05. The first-order chi connectivity index (χ1) is 17.1. The van der Waals surface area contributed by atoms with Crippen molar-refractivity contribution in [1.82, 2.24) is 14.0 Å². The van der Waals surface area contributed by atoms with Crippen molar-refractivity contribution in [2.75, 3.05) is 53.6 Å². The summed E-state index contributed by atoms with van der Waals surface area (Å²) in [6, 6.07) is 14.2. The maximum atomic E-state index is 13.6.